The summed E-state index contributed by atoms with van der Waals surface area (Å²) in [7, 11) is 0. The SMILES string of the molecule is Cc1cc(Br)ccc1NC(=O)COC(=O)[C@@H](C(C)C)N1C(=O)[C@@H]2C3c4ccccc4C(c4ccccc43)[C@@H]2C1=O. The lowest BCUT2D eigenvalue weighted by Crippen LogP contribution is -2.49. The second kappa shape index (κ2) is 10.0. The van der Waals surface area contributed by atoms with Crippen molar-refractivity contribution in [1.29, 1.82) is 0 Å². The molecule has 3 atom stereocenters. The zero-order valence-electron chi connectivity index (χ0n) is 22.4. The van der Waals surface area contributed by atoms with E-state index in [2.05, 4.69) is 21.2 Å². The van der Waals surface area contributed by atoms with Gasteiger partial charge < -0.3 is 10.1 Å². The van der Waals surface area contributed by atoms with Crippen LogP contribution in [0.1, 0.15) is 53.5 Å². The first-order chi connectivity index (χ1) is 19.2. The Morgan fingerprint density at radius 1 is 0.875 bits per heavy atom. The van der Waals surface area contributed by atoms with Crippen LogP contribution in [0.2, 0.25) is 0 Å². The van der Waals surface area contributed by atoms with Crippen molar-refractivity contribution in [1.82, 2.24) is 4.90 Å². The largest absolute Gasteiger partial charge is 0.454 e. The number of likely N-dealkylation sites (tertiary alicyclic amines) is 1. The van der Waals surface area contributed by atoms with Gasteiger partial charge in [-0.15, -0.1) is 0 Å². The van der Waals surface area contributed by atoms with Gasteiger partial charge in [0.05, 0.1) is 11.8 Å². The number of nitrogens with one attached hydrogen (secondary N) is 1. The topological polar surface area (TPSA) is 92.8 Å². The van der Waals surface area contributed by atoms with Crippen LogP contribution < -0.4 is 5.32 Å². The van der Waals surface area contributed by atoms with E-state index in [0.717, 1.165) is 37.2 Å². The van der Waals surface area contributed by atoms with E-state index in [0.29, 0.717) is 5.69 Å². The number of halogens is 1. The smallest absolute Gasteiger partial charge is 0.330 e. The number of imide groups is 1. The van der Waals surface area contributed by atoms with E-state index in [4.69, 9.17) is 4.74 Å². The van der Waals surface area contributed by atoms with Gasteiger partial charge in [0.25, 0.3) is 5.91 Å². The normalized spacial score (nSPS) is 23.0. The van der Waals surface area contributed by atoms with E-state index >= 15 is 0 Å². The van der Waals surface area contributed by atoms with E-state index < -0.39 is 42.3 Å². The maximum atomic E-state index is 14.1. The molecule has 0 aromatic heterocycles. The molecule has 4 aliphatic rings. The minimum atomic E-state index is -1.13. The molecule has 3 aromatic rings. The van der Waals surface area contributed by atoms with Crippen molar-refractivity contribution in [2.45, 2.75) is 38.6 Å². The van der Waals surface area contributed by atoms with Gasteiger partial charge in [0.1, 0.15) is 6.04 Å². The molecule has 3 aliphatic carbocycles. The molecule has 2 bridgehead atoms. The summed E-state index contributed by atoms with van der Waals surface area (Å²) in [4.78, 5) is 55.3. The first-order valence-corrected chi connectivity index (χ1v) is 14.3. The molecule has 3 amide bonds. The summed E-state index contributed by atoms with van der Waals surface area (Å²) in [6.07, 6.45) is 0. The Morgan fingerprint density at radius 3 is 1.82 bits per heavy atom. The molecular formula is C32H29BrN2O5. The first-order valence-electron chi connectivity index (χ1n) is 13.5. The highest BCUT2D eigenvalue weighted by Gasteiger charge is 2.63. The number of rotatable bonds is 6. The summed E-state index contributed by atoms with van der Waals surface area (Å²) in [6, 6.07) is 20.3. The van der Waals surface area contributed by atoms with Crippen LogP contribution in [0, 0.1) is 24.7 Å². The van der Waals surface area contributed by atoms with Crippen LogP contribution in [-0.4, -0.2) is 41.2 Å². The highest BCUT2D eigenvalue weighted by atomic mass is 79.9. The van der Waals surface area contributed by atoms with Crippen molar-refractivity contribution in [2.24, 2.45) is 17.8 Å². The Hall–Kier alpha value is -3.78. The third-order valence-corrected chi connectivity index (χ3v) is 8.94. The maximum Gasteiger partial charge on any atom is 0.330 e. The van der Waals surface area contributed by atoms with Gasteiger partial charge >= 0.3 is 5.97 Å². The van der Waals surface area contributed by atoms with Crippen LogP contribution in [0.15, 0.2) is 71.2 Å². The minimum absolute atomic E-state index is 0.257. The number of carbonyl (C=O) groups excluding carboxylic acids is 4. The van der Waals surface area contributed by atoms with E-state index in [-0.39, 0.29) is 23.7 Å². The third-order valence-electron chi connectivity index (χ3n) is 8.44. The van der Waals surface area contributed by atoms with E-state index in [9.17, 15) is 19.2 Å². The van der Waals surface area contributed by atoms with Gasteiger partial charge in [-0.2, -0.15) is 0 Å². The summed E-state index contributed by atoms with van der Waals surface area (Å²) < 4.78 is 6.30. The lowest BCUT2D eigenvalue weighted by Gasteiger charge is -2.45. The van der Waals surface area contributed by atoms with Gasteiger partial charge in [0.2, 0.25) is 11.8 Å². The Kier molecular flexibility index (Phi) is 6.61. The molecule has 40 heavy (non-hydrogen) atoms. The number of anilines is 1. The maximum absolute atomic E-state index is 14.1. The Labute approximate surface area is 241 Å². The van der Waals surface area contributed by atoms with Crippen molar-refractivity contribution >= 4 is 45.3 Å². The summed E-state index contributed by atoms with van der Waals surface area (Å²) in [5.41, 5.74) is 5.73. The molecule has 3 aromatic carbocycles. The molecule has 8 heteroatoms. The van der Waals surface area contributed by atoms with Crippen molar-refractivity contribution in [3.63, 3.8) is 0 Å². The van der Waals surface area contributed by atoms with Gasteiger partial charge in [-0.05, 0) is 58.9 Å². The fourth-order valence-corrected chi connectivity index (χ4v) is 7.30. The summed E-state index contributed by atoms with van der Waals surface area (Å²) in [5.74, 6) is -4.04. The van der Waals surface area contributed by atoms with Crippen LogP contribution in [-0.2, 0) is 23.9 Å². The molecule has 0 unspecified atom stereocenters. The molecule has 0 spiro atoms. The van der Waals surface area contributed by atoms with Gasteiger partial charge in [0.15, 0.2) is 6.61 Å². The quantitative estimate of drug-likeness (QED) is 0.312. The number of esters is 1. The van der Waals surface area contributed by atoms with Crippen LogP contribution in [0.4, 0.5) is 5.69 Å². The highest BCUT2D eigenvalue weighted by molar-refractivity contribution is 9.10. The average Bonchev–Trinajstić information content (AvgIpc) is 3.19. The summed E-state index contributed by atoms with van der Waals surface area (Å²) in [5, 5.41) is 2.74. The standard InChI is InChI=1S/C32H29BrN2O5/c1-16(2)29(32(39)40-15-24(36)34-23-13-12-18(33)14-17(23)3)35-30(37)27-25-19-8-4-5-9-20(19)26(28(27)31(35)38)22-11-7-6-10-21(22)25/h4-14,16,25-29H,15H2,1-3H3,(H,34,36)/t25?,26?,27-,28+,29-/m1/s1. The van der Waals surface area contributed by atoms with Gasteiger partial charge in [-0.1, -0.05) is 78.3 Å². The van der Waals surface area contributed by atoms with Crippen LogP contribution in [0.3, 0.4) is 0 Å². The number of ether oxygens (including phenoxy) is 1. The van der Waals surface area contributed by atoms with Crippen molar-refractivity contribution in [3.05, 3.63) is 99.0 Å². The minimum Gasteiger partial charge on any atom is -0.454 e. The monoisotopic (exact) mass is 600 g/mol. The third kappa shape index (κ3) is 4.08. The second-order valence-electron chi connectivity index (χ2n) is 11.1. The fourth-order valence-electron chi connectivity index (χ4n) is 6.83. The number of amides is 3. The molecule has 1 heterocycles. The molecule has 1 fully saturated rings. The van der Waals surface area contributed by atoms with E-state index in [1.54, 1.807) is 26.0 Å². The molecule has 0 radical (unpaired) electrons. The molecule has 7 rings (SSSR count). The molecular weight excluding hydrogens is 572 g/mol. The number of hydrogen-bond donors (Lipinski definition) is 1. The number of hydrogen-bond acceptors (Lipinski definition) is 5. The fraction of sp³-hybridized carbons (Fsp3) is 0.312. The molecule has 1 aliphatic heterocycles. The number of aryl methyl sites for hydroxylation is 1. The molecule has 1 saturated heterocycles. The summed E-state index contributed by atoms with van der Waals surface area (Å²) in [6.45, 7) is 4.88. The van der Waals surface area contributed by atoms with E-state index in [1.165, 1.54) is 0 Å². The number of carbonyl (C=O) groups is 4. The van der Waals surface area contributed by atoms with E-state index in [1.807, 2.05) is 61.5 Å². The average molecular weight is 601 g/mol. The zero-order chi connectivity index (χ0) is 28.3. The molecule has 1 N–H and O–H groups in total. The molecule has 204 valence electrons. The molecule has 0 saturated carbocycles. The Balaban J connectivity index is 1.26. The predicted molar refractivity (Wildman–Crippen MR) is 152 cm³/mol. The predicted octanol–water partition coefficient (Wildman–Crippen LogP) is 5.16. The van der Waals surface area contributed by atoms with Crippen LogP contribution >= 0.6 is 15.9 Å². The Bertz CT molecular complexity index is 1450. The first kappa shape index (κ1) is 26.4. The molecule has 7 nitrogen and oxygen atoms in total. The lowest BCUT2D eigenvalue weighted by atomic mass is 9.55. The highest BCUT2D eigenvalue weighted by Crippen LogP contribution is 2.61. The van der Waals surface area contributed by atoms with Gasteiger partial charge in [-0.25, -0.2) is 4.79 Å². The number of nitrogens with zero attached hydrogens (tertiary/aromatic N) is 1. The lowest BCUT2D eigenvalue weighted by molar-refractivity contribution is -0.162. The Morgan fingerprint density at radius 2 is 1.38 bits per heavy atom. The number of benzene rings is 3. The van der Waals surface area contributed by atoms with Gasteiger partial charge in [0, 0.05) is 22.0 Å². The van der Waals surface area contributed by atoms with Crippen molar-refractivity contribution in [2.75, 3.05) is 11.9 Å². The zero-order valence-corrected chi connectivity index (χ0v) is 24.0. The van der Waals surface area contributed by atoms with Crippen LogP contribution in [0.5, 0.6) is 0 Å². The van der Waals surface area contributed by atoms with Crippen molar-refractivity contribution < 1.29 is 23.9 Å². The van der Waals surface area contributed by atoms with Gasteiger partial charge in [-0.3, -0.25) is 19.3 Å². The second-order valence-corrected chi connectivity index (χ2v) is 12.0. The van der Waals surface area contributed by atoms with Crippen LogP contribution in [0.25, 0.3) is 0 Å². The van der Waals surface area contributed by atoms with Crippen molar-refractivity contribution in [3.8, 4) is 0 Å². The summed E-state index contributed by atoms with van der Waals surface area (Å²) >= 11 is 3.39.